The van der Waals surface area contributed by atoms with E-state index in [1.54, 1.807) is 7.11 Å². The molecule has 1 N–H and O–H groups in total. The Morgan fingerprint density at radius 3 is 2.74 bits per heavy atom. The van der Waals surface area contributed by atoms with Gasteiger partial charge in [0.1, 0.15) is 18.1 Å². The minimum Gasteiger partial charge on any atom is -0.497 e. The summed E-state index contributed by atoms with van der Waals surface area (Å²) >= 11 is 0. The number of hydrogen-bond donors (Lipinski definition) is 1. The number of unbranched alkanes of at least 4 members (excludes halogenated alkanes) is 3. The fraction of sp³-hybridized carbons (Fsp3) is 0.500. The van der Waals surface area contributed by atoms with Crippen molar-refractivity contribution >= 4 is 0 Å². The lowest BCUT2D eigenvalue weighted by atomic mass is 10.2. The summed E-state index contributed by atoms with van der Waals surface area (Å²) in [6, 6.07) is 5.54. The molecule has 0 radical (unpaired) electrons. The maximum atomic E-state index is 8.77. The highest BCUT2D eigenvalue weighted by Crippen LogP contribution is 2.23. The zero-order valence-electron chi connectivity index (χ0n) is 11.7. The van der Waals surface area contributed by atoms with Crippen molar-refractivity contribution in [2.75, 3.05) is 20.3 Å². The second-order valence-corrected chi connectivity index (χ2v) is 4.23. The zero-order chi connectivity index (χ0) is 13.9. The SMILES string of the molecule is CCCCCCOc1ccc(OC)cc1C#CCO. The molecule has 0 saturated carbocycles. The summed E-state index contributed by atoms with van der Waals surface area (Å²) in [6.45, 7) is 2.72. The van der Waals surface area contributed by atoms with Crippen LogP contribution in [0.4, 0.5) is 0 Å². The molecule has 3 heteroatoms. The van der Waals surface area contributed by atoms with Gasteiger partial charge in [-0.2, -0.15) is 0 Å². The Kier molecular flexibility index (Phi) is 7.53. The second-order valence-electron chi connectivity index (χ2n) is 4.23. The van der Waals surface area contributed by atoms with Crippen LogP contribution in [-0.4, -0.2) is 25.4 Å². The van der Waals surface area contributed by atoms with Gasteiger partial charge in [0.15, 0.2) is 0 Å². The van der Waals surface area contributed by atoms with Gasteiger partial charge in [0.25, 0.3) is 0 Å². The standard InChI is InChI=1S/C16H22O3/c1-3-4-5-6-12-19-16-10-9-15(18-2)13-14(16)8-7-11-17/h9-10,13,17H,3-6,11-12H2,1-2H3. The van der Waals surface area contributed by atoms with Crippen molar-refractivity contribution in [2.45, 2.75) is 32.6 Å². The number of hydrogen-bond acceptors (Lipinski definition) is 3. The molecule has 104 valence electrons. The molecule has 0 saturated heterocycles. The van der Waals surface area contributed by atoms with E-state index in [1.165, 1.54) is 19.3 Å². The Labute approximate surface area is 115 Å². The summed E-state index contributed by atoms with van der Waals surface area (Å²) in [5, 5.41) is 8.77. The quantitative estimate of drug-likeness (QED) is 0.606. The summed E-state index contributed by atoms with van der Waals surface area (Å²) in [4.78, 5) is 0. The van der Waals surface area contributed by atoms with E-state index in [2.05, 4.69) is 18.8 Å². The number of ether oxygens (including phenoxy) is 2. The molecule has 0 spiro atoms. The molecule has 3 nitrogen and oxygen atoms in total. The van der Waals surface area contributed by atoms with Crippen molar-refractivity contribution in [1.82, 2.24) is 0 Å². The van der Waals surface area contributed by atoms with Gasteiger partial charge in [-0.1, -0.05) is 38.0 Å². The summed E-state index contributed by atoms with van der Waals surface area (Å²) in [5.74, 6) is 7.01. The fourth-order valence-corrected chi connectivity index (χ4v) is 1.71. The lowest BCUT2D eigenvalue weighted by Gasteiger charge is -2.09. The van der Waals surface area contributed by atoms with Crippen LogP contribution < -0.4 is 9.47 Å². The minimum atomic E-state index is -0.160. The molecule has 0 fully saturated rings. The molecule has 1 aromatic rings. The van der Waals surface area contributed by atoms with Gasteiger partial charge in [0, 0.05) is 0 Å². The number of aliphatic hydroxyl groups excluding tert-OH is 1. The van der Waals surface area contributed by atoms with Crippen LogP contribution in [0.25, 0.3) is 0 Å². The number of methoxy groups -OCH3 is 1. The fourth-order valence-electron chi connectivity index (χ4n) is 1.71. The number of rotatable bonds is 7. The Morgan fingerprint density at radius 2 is 2.05 bits per heavy atom. The van der Waals surface area contributed by atoms with Crippen LogP contribution in [0.1, 0.15) is 38.2 Å². The molecule has 0 heterocycles. The van der Waals surface area contributed by atoms with Crippen molar-refractivity contribution < 1.29 is 14.6 Å². The maximum absolute atomic E-state index is 8.77. The van der Waals surface area contributed by atoms with Gasteiger partial charge in [-0.15, -0.1) is 0 Å². The highest BCUT2D eigenvalue weighted by Gasteiger charge is 2.03. The number of benzene rings is 1. The van der Waals surface area contributed by atoms with Gasteiger partial charge < -0.3 is 14.6 Å². The normalized spacial score (nSPS) is 9.63. The van der Waals surface area contributed by atoms with Crippen molar-refractivity contribution in [1.29, 1.82) is 0 Å². The molecule has 0 bridgehead atoms. The van der Waals surface area contributed by atoms with E-state index in [-0.39, 0.29) is 6.61 Å². The third-order valence-electron chi connectivity index (χ3n) is 2.74. The lowest BCUT2D eigenvalue weighted by molar-refractivity contribution is 0.303. The van der Waals surface area contributed by atoms with E-state index >= 15 is 0 Å². The van der Waals surface area contributed by atoms with Crippen LogP contribution in [0.15, 0.2) is 18.2 Å². The summed E-state index contributed by atoms with van der Waals surface area (Å²) in [6.07, 6.45) is 4.69. The largest absolute Gasteiger partial charge is 0.497 e. The predicted octanol–water partition coefficient (Wildman–Crippen LogP) is 3.00. The van der Waals surface area contributed by atoms with Crippen LogP contribution >= 0.6 is 0 Å². The molecule has 1 rings (SSSR count). The molecule has 0 amide bonds. The Bertz CT molecular complexity index is 429. The monoisotopic (exact) mass is 262 g/mol. The Balaban J connectivity index is 2.64. The first kappa shape index (κ1) is 15.4. The molecular formula is C16H22O3. The van der Waals surface area contributed by atoms with Crippen molar-refractivity contribution in [3.05, 3.63) is 23.8 Å². The van der Waals surface area contributed by atoms with Crippen LogP contribution in [0, 0.1) is 11.8 Å². The highest BCUT2D eigenvalue weighted by atomic mass is 16.5. The molecule has 1 aromatic carbocycles. The first-order valence-corrected chi connectivity index (χ1v) is 6.72. The van der Waals surface area contributed by atoms with Gasteiger partial charge in [0.05, 0.1) is 19.3 Å². The highest BCUT2D eigenvalue weighted by molar-refractivity contribution is 5.50. The number of aliphatic hydroxyl groups is 1. The Hall–Kier alpha value is -1.66. The van der Waals surface area contributed by atoms with E-state index in [0.717, 1.165) is 23.5 Å². The van der Waals surface area contributed by atoms with Crippen molar-refractivity contribution in [3.63, 3.8) is 0 Å². The van der Waals surface area contributed by atoms with Crippen molar-refractivity contribution in [2.24, 2.45) is 0 Å². The molecule has 19 heavy (non-hydrogen) atoms. The van der Waals surface area contributed by atoms with Gasteiger partial charge in [0.2, 0.25) is 0 Å². The smallest absolute Gasteiger partial charge is 0.135 e. The average Bonchev–Trinajstić information content (AvgIpc) is 2.45. The summed E-state index contributed by atoms with van der Waals surface area (Å²) in [7, 11) is 1.61. The third-order valence-corrected chi connectivity index (χ3v) is 2.74. The third kappa shape index (κ3) is 5.67. The molecule has 0 unspecified atom stereocenters. The van der Waals surface area contributed by atoms with Crippen molar-refractivity contribution in [3.8, 4) is 23.3 Å². The maximum Gasteiger partial charge on any atom is 0.135 e. The van der Waals surface area contributed by atoms with E-state index in [0.29, 0.717) is 6.61 Å². The van der Waals surface area contributed by atoms with Gasteiger partial charge >= 0.3 is 0 Å². The molecule has 0 aliphatic heterocycles. The summed E-state index contributed by atoms with van der Waals surface area (Å²) in [5.41, 5.74) is 0.754. The van der Waals surface area contributed by atoms with Crippen LogP contribution in [-0.2, 0) is 0 Å². The van der Waals surface area contributed by atoms with E-state index in [9.17, 15) is 0 Å². The van der Waals surface area contributed by atoms with Gasteiger partial charge in [-0.25, -0.2) is 0 Å². The molecule has 0 aromatic heterocycles. The zero-order valence-corrected chi connectivity index (χ0v) is 11.7. The van der Waals surface area contributed by atoms with E-state index in [1.807, 2.05) is 18.2 Å². The second kappa shape index (κ2) is 9.29. The molecular weight excluding hydrogens is 240 g/mol. The molecule has 0 atom stereocenters. The van der Waals surface area contributed by atoms with E-state index in [4.69, 9.17) is 14.6 Å². The molecule has 0 aliphatic rings. The van der Waals surface area contributed by atoms with Gasteiger partial charge in [-0.05, 0) is 24.6 Å². The summed E-state index contributed by atoms with van der Waals surface area (Å²) < 4.78 is 10.9. The van der Waals surface area contributed by atoms with Crippen LogP contribution in [0.5, 0.6) is 11.5 Å². The van der Waals surface area contributed by atoms with E-state index < -0.39 is 0 Å². The first-order valence-electron chi connectivity index (χ1n) is 6.72. The predicted molar refractivity (Wildman–Crippen MR) is 76.6 cm³/mol. The average molecular weight is 262 g/mol. The lowest BCUT2D eigenvalue weighted by Crippen LogP contribution is -1.99. The topological polar surface area (TPSA) is 38.7 Å². The minimum absolute atomic E-state index is 0.160. The van der Waals surface area contributed by atoms with Gasteiger partial charge in [-0.3, -0.25) is 0 Å². The van der Waals surface area contributed by atoms with Crippen LogP contribution in [0.2, 0.25) is 0 Å². The molecule has 0 aliphatic carbocycles. The first-order chi connectivity index (χ1) is 9.31. The van der Waals surface area contributed by atoms with Crippen LogP contribution in [0.3, 0.4) is 0 Å². The Morgan fingerprint density at radius 1 is 1.21 bits per heavy atom.